The van der Waals surface area contributed by atoms with Crippen LogP contribution in [0.3, 0.4) is 0 Å². The summed E-state index contributed by atoms with van der Waals surface area (Å²) in [6.45, 7) is 1.60. The Hall–Kier alpha value is -4.68. The monoisotopic (exact) mass is 913 g/mol. The number of phosphoric ester groups is 1. The average molecular weight is 914 g/mol. The number of fused-ring (bicyclic) bond motifs is 1. The summed E-state index contributed by atoms with van der Waals surface area (Å²) in [6, 6.07) is 6.39. The molecule has 24 nitrogen and oxygen atoms in total. The number of aromatic nitrogens is 6. The van der Waals surface area contributed by atoms with E-state index in [0.717, 1.165) is 17.1 Å². The van der Waals surface area contributed by atoms with E-state index < -0.39 is 101 Å². The van der Waals surface area contributed by atoms with Crippen LogP contribution >= 0.6 is 27.0 Å². The zero-order valence-electron chi connectivity index (χ0n) is 32.0. The van der Waals surface area contributed by atoms with E-state index in [9.17, 15) is 48.4 Å². The van der Waals surface area contributed by atoms with Crippen LogP contribution in [0.2, 0.25) is 5.02 Å². The number of esters is 1. The lowest BCUT2D eigenvalue weighted by Crippen LogP contribution is -2.48. The maximum absolute atomic E-state index is 14.2. The van der Waals surface area contributed by atoms with E-state index in [1.54, 1.807) is 24.3 Å². The van der Waals surface area contributed by atoms with Gasteiger partial charge in [0.15, 0.2) is 30.0 Å². The van der Waals surface area contributed by atoms with E-state index in [1.807, 2.05) is 0 Å². The zero-order chi connectivity index (χ0) is 44.4. The maximum Gasteiger partial charge on any atom is 0.469 e. The van der Waals surface area contributed by atoms with Crippen LogP contribution < -0.4 is 17.2 Å². The van der Waals surface area contributed by atoms with Crippen LogP contribution in [0.1, 0.15) is 30.9 Å². The molecule has 0 saturated carbocycles. The quantitative estimate of drug-likeness (QED) is 0.0418. The summed E-state index contributed by atoms with van der Waals surface area (Å²) in [4.78, 5) is 87.2. The topological polar surface area (TPSA) is 349 Å². The highest BCUT2D eigenvalue weighted by molar-refractivity contribution is 7.53. The summed E-state index contributed by atoms with van der Waals surface area (Å²) in [6.07, 6.45) is -7.05. The van der Waals surface area contributed by atoms with E-state index in [0.29, 0.717) is 17.0 Å². The van der Waals surface area contributed by atoms with Crippen molar-refractivity contribution >= 4 is 61.7 Å². The third-order valence-corrected chi connectivity index (χ3v) is 12.5. The average Bonchev–Trinajstić information content (AvgIpc) is 3.87. The van der Waals surface area contributed by atoms with Crippen LogP contribution in [-0.2, 0) is 48.4 Å². The number of aliphatic hydroxyl groups excluding tert-OH is 2. The Morgan fingerprint density at radius 3 is 2.43 bits per heavy atom. The van der Waals surface area contributed by atoms with E-state index in [-0.39, 0.29) is 35.6 Å². The standard InChI is InChI=1S/C34H42ClN9O15P2/c1-3-4-8-23(45)42(2)19(12-17-6-5-7-18(35)11-17)33(48)59-27-20(57-31(25(27)46)44-16-40-24-29(37)38-15-39-30(24)44)13-55-60(50,51)28-21(14-56-61(52,53)54)58-32(26(28)47)43-10-9-22(36)41-34(43)49/h3,5-7,9-11,15-16,19-21,25-28,31-32,46-47H,1,4,8,12-14H2,2H3,(H,50,51)(H2,36,41,49)(H2,37,38,39)(H2,52,53,54)/t19-,20+,21+,25+,26+,27+,28+,31+,32+/m0/s1. The normalized spacial score (nSPS) is 25.6. The van der Waals surface area contributed by atoms with Crippen molar-refractivity contribution in [3.05, 3.63) is 82.9 Å². The van der Waals surface area contributed by atoms with Gasteiger partial charge in [-0.2, -0.15) is 4.98 Å². The predicted octanol–water partition coefficient (Wildman–Crippen LogP) is 0.0452. The first-order chi connectivity index (χ1) is 28.8. The summed E-state index contributed by atoms with van der Waals surface area (Å²) in [5, 5.41) is 23.5. The van der Waals surface area contributed by atoms with Gasteiger partial charge < -0.3 is 60.0 Å². The van der Waals surface area contributed by atoms with Gasteiger partial charge in [0.25, 0.3) is 0 Å². The van der Waals surface area contributed by atoms with Gasteiger partial charge in [-0.15, -0.1) is 6.58 Å². The van der Waals surface area contributed by atoms with Crippen molar-refractivity contribution in [3.63, 3.8) is 0 Å². The number of amides is 1. The molecular formula is C34H42ClN9O15P2. The summed E-state index contributed by atoms with van der Waals surface area (Å²) in [7, 11) is -9.11. The summed E-state index contributed by atoms with van der Waals surface area (Å²) < 4.78 is 55.4. The Bertz CT molecular complexity index is 2420. The van der Waals surface area contributed by atoms with Crippen LogP contribution in [0.5, 0.6) is 0 Å². The van der Waals surface area contributed by atoms with Gasteiger partial charge in [-0.05, 0) is 30.2 Å². The van der Waals surface area contributed by atoms with E-state index in [1.165, 1.54) is 35.0 Å². The van der Waals surface area contributed by atoms with E-state index in [4.69, 9.17) is 41.8 Å². The lowest BCUT2D eigenvalue weighted by molar-refractivity contribution is -0.165. The molecule has 6 rings (SSSR count). The number of carbonyl (C=O) groups excluding carboxylic acids is 2. The number of allylic oxidation sites excluding steroid dienone is 1. The third kappa shape index (κ3) is 10.3. The molecule has 4 aromatic rings. The second-order valence-corrected chi connectivity index (χ2v) is 17.6. The number of imidazole rings is 1. The molecule has 330 valence electrons. The molecule has 27 heteroatoms. The Morgan fingerprint density at radius 2 is 1.74 bits per heavy atom. The summed E-state index contributed by atoms with van der Waals surface area (Å²) in [5.74, 6) is -1.69. The third-order valence-electron chi connectivity index (χ3n) is 9.91. The Labute approximate surface area is 350 Å². The minimum atomic E-state index is -5.28. The van der Waals surface area contributed by atoms with Gasteiger partial charge in [0.05, 0.1) is 19.5 Å². The molecule has 0 aliphatic carbocycles. The summed E-state index contributed by atoms with van der Waals surface area (Å²) >= 11 is 6.21. The number of nitrogens with zero attached hydrogens (tertiary/aromatic N) is 7. The molecule has 1 unspecified atom stereocenters. The first-order valence-electron chi connectivity index (χ1n) is 18.2. The van der Waals surface area contributed by atoms with Crippen LogP contribution in [0.15, 0.2) is 66.6 Å². The van der Waals surface area contributed by atoms with Gasteiger partial charge in [0.1, 0.15) is 53.8 Å². The molecule has 2 aliphatic rings. The van der Waals surface area contributed by atoms with Gasteiger partial charge in [-0.25, -0.2) is 29.1 Å². The number of ether oxygens (including phenoxy) is 3. The first kappa shape index (κ1) is 45.8. The number of rotatable bonds is 17. The van der Waals surface area contributed by atoms with Crippen LogP contribution in [0.25, 0.3) is 11.2 Å². The highest BCUT2D eigenvalue weighted by atomic mass is 35.5. The number of benzene rings is 1. The van der Waals surface area contributed by atoms with Crippen LogP contribution in [-0.4, -0.2) is 133 Å². The zero-order valence-corrected chi connectivity index (χ0v) is 34.6. The molecule has 2 fully saturated rings. The van der Waals surface area contributed by atoms with E-state index >= 15 is 0 Å². The highest BCUT2D eigenvalue weighted by Gasteiger charge is 2.56. The number of hydrogen-bond acceptors (Lipinski definition) is 18. The highest BCUT2D eigenvalue weighted by Crippen LogP contribution is 2.56. The molecule has 2 aliphatic heterocycles. The molecular weight excluding hydrogens is 872 g/mol. The SMILES string of the molecule is C=CCCC(=O)N(C)[C@@H](Cc1cccc(Cl)c1)C(=O)O[C@H]1[C@@H](O)[C@H](n2cnc3c(N)ncnc32)O[C@@H]1COP(=O)(O)[C@H]1[C@@H](O)[C@H](n2ccc(N)nc2=O)O[C@@H]1COP(=O)(O)O. The van der Waals surface area contributed by atoms with Gasteiger partial charge in [0, 0.05) is 31.1 Å². The summed E-state index contributed by atoms with van der Waals surface area (Å²) in [5.41, 5.74) is 9.19. The second-order valence-electron chi connectivity index (χ2n) is 14.0. The van der Waals surface area contributed by atoms with Crippen LogP contribution in [0.4, 0.5) is 11.6 Å². The van der Waals surface area contributed by atoms with Gasteiger partial charge >= 0.3 is 27.1 Å². The van der Waals surface area contributed by atoms with Crippen molar-refractivity contribution in [1.29, 1.82) is 0 Å². The molecule has 1 amide bonds. The molecule has 2 saturated heterocycles. The number of carbonyl (C=O) groups is 2. The number of anilines is 2. The molecule has 5 heterocycles. The van der Waals surface area contributed by atoms with Gasteiger partial charge in [0.2, 0.25) is 5.91 Å². The fraction of sp³-hybridized carbons (Fsp3) is 0.441. The number of halogens is 1. The molecule has 1 aromatic carbocycles. The molecule has 0 bridgehead atoms. The van der Waals surface area contributed by atoms with Crippen molar-refractivity contribution in [2.45, 2.75) is 73.9 Å². The minimum absolute atomic E-state index is 0.00122. The second kappa shape index (κ2) is 18.7. The number of aliphatic hydroxyl groups is 2. The van der Waals surface area contributed by atoms with Gasteiger partial charge in [-0.1, -0.05) is 29.8 Å². The predicted molar refractivity (Wildman–Crippen MR) is 211 cm³/mol. The lowest BCUT2D eigenvalue weighted by atomic mass is 10.0. The van der Waals surface area contributed by atoms with Crippen molar-refractivity contribution in [2.75, 3.05) is 31.7 Å². The molecule has 0 radical (unpaired) electrons. The lowest BCUT2D eigenvalue weighted by Gasteiger charge is -2.30. The van der Waals surface area contributed by atoms with Crippen molar-refractivity contribution < 1.29 is 66.9 Å². The Balaban J connectivity index is 1.32. The molecule has 10 atom stereocenters. The maximum atomic E-state index is 14.2. The number of phosphoric acid groups is 1. The largest absolute Gasteiger partial charge is 0.469 e. The fourth-order valence-electron chi connectivity index (χ4n) is 6.90. The Kier molecular flexibility index (Phi) is 14.1. The van der Waals surface area contributed by atoms with Gasteiger partial charge in [-0.3, -0.25) is 23.0 Å². The van der Waals surface area contributed by atoms with E-state index in [2.05, 4.69) is 31.0 Å². The number of nitrogens with two attached hydrogens (primary N) is 2. The smallest absolute Gasteiger partial charge is 0.455 e. The minimum Gasteiger partial charge on any atom is -0.455 e. The van der Waals surface area contributed by atoms with Crippen LogP contribution in [0, 0.1) is 0 Å². The molecule has 0 spiro atoms. The van der Waals surface area contributed by atoms with Crippen molar-refractivity contribution in [1.82, 2.24) is 34.0 Å². The molecule has 3 aromatic heterocycles. The molecule has 61 heavy (non-hydrogen) atoms. The molecule has 9 N–H and O–H groups in total. The number of likely N-dealkylation sites (N-methyl/N-ethyl adjacent to an activating group) is 1. The first-order valence-corrected chi connectivity index (χ1v) is 21.8. The van der Waals surface area contributed by atoms with Crippen molar-refractivity contribution in [3.8, 4) is 0 Å². The number of hydrogen-bond donors (Lipinski definition) is 7. The fourth-order valence-corrected chi connectivity index (χ4v) is 9.09. The Morgan fingerprint density at radius 1 is 1.03 bits per heavy atom. The number of nitrogen functional groups attached to an aromatic ring is 2. The van der Waals surface area contributed by atoms with Crippen molar-refractivity contribution in [2.24, 2.45) is 0 Å².